The Morgan fingerprint density at radius 3 is 2.79 bits per heavy atom. The molecule has 0 radical (unpaired) electrons. The van der Waals surface area contributed by atoms with Crippen molar-refractivity contribution in [3.8, 4) is 0 Å². The lowest BCUT2D eigenvalue weighted by Crippen LogP contribution is -2.41. The van der Waals surface area contributed by atoms with E-state index in [2.05, 4.69) is 5.16 Å². The van der Waals surface area contributed by atoms with Crippen LogP contribution in [-0.4, -0.2) is 29.1 Å². The summed E-state index contributed by atoms with van der Waals surface area (Å²) in [7, 11) is 1.83. The molecule has 1 fully saturated rings. The highest BCUT2D eigenvalue weighted by molar-refractivity contribution is 5.92. The molecule has 0 saturated heterocycles. The molecule has 1 saturated carbocycles. The first-order chi connectivity index (χ1) is 6.68. The molecule has 1 aliphatic rings. The van der Waals surface area contributed by atoms with Gasteiger partial charge >= 0.3 is 0 Å². The molecule has 1 heterocycles. The van der Waals surface area contributed by atoms with Crippen LogP contribution in [-0.2, 0) is 0 Å². The molecule has 4 heteroatoms. The summed E-state index contributed by atoms with van der Waals surface area (Å²) < 4.78 is 4.87. The highest BCUT2D eigenvalue weighted by atomic mass is 16.5. The molecule has 4 nitrogen and oxygen atoms in total. The Labute approximate surface area is 82.9 Å². The maximum atomic E-state index is 11.8. The van der Waals surface area contributed by atoms with Crippen molar-refractivity contribution in [2.45, 2.75) is 32.2 Å². The molecule has 0 atom stereocenters. The topological polar surface area (TPSA) is 46.3 Å². The molecule has 0 unspecified atom stereocenters. The predicted octanol–water partition coefficient (Wildman–Crippen LogP) is 1.61. The second-order valence-electron chi connectivity index (χ2n) is 3.82. The molecule has 1 aliphatic carbocycles. The van der Waals surface area contributed by atoms with E-state index in [0.717, 1.165) is 12.8 Å². The van der Waals surface area contributed by atoms with Crippen molar-refractivity contribution >= 4 is 5.91 Å². The van der Waals surface area contributed by atoms with Gasteiger partial charge in [-0.05, 0) is 26.2 Å². The Kier molecular flexibility index (Phi) is 2.27. The van der Waals surface area contributed by atoms with E-state index in [1.807, 2.05) is 7.05 Å². The average molecular weight is 194 g/mol. The number of hydrogen-bond acceptors (Lipinski definition) is 3. The molecule has 2 rings (SSSR count). The molecular weight excluding hydrogens is 180 g/mol. The first-order valence-electron chi connectivity index (χ1n) is 4.89. The predicted molar refractivity (Wildman–Crippen MR) is 51.0 cm³/mol. The first kappa shape index (κ1) is 9.24. The fourth-order valence-electron chi connectivity index (χ4n) is 1.59. The van der Waals surface area contributed by atoms with Gasteiger partial charge in [0.1, 0.15) is 5.76 Å². The Morgan fingerprint density at radius 1 is 1.64 bits per heavy atom. The van der Waals surface area contributed by atoms with E-state index in [0.29, 0.717) is 17.5 Å². The quantitative estimate of drug-likeness (QED) is 0.718. The Hall–Kier alpha value is -1.32. The van der Waals surface area contributed by atoms with Crippen LogP contribution in [0.4, 0.5) is 0 Å². The summed E-state index contributed by atoms with van der Waals surface area (Å²) in [6, 6.07) is 2.08. The summed E-state index contributed by atoms with van der Waals surface area (Å²) in [6.45, 7) is 1.78. The molecule has 1 aromatic rings. The SMILES string of the molecule is Cc1cc(C(=O)N(C)C2CCC2)no1. The van der Waals surface area contributed by atoms with E-state index in [4.69, 9.17) is 4.52 Å². The van der Waals surface area contributed by atoms with Crippen molar-refractivity contribution in [3.63, 3.8) is 0 Å². The van der Waals surface area contributed by atoms with Crippen LogP contribution in [0, 0.1) is 6.92 Å². The highest BCUT2D eigenvalue weighted by Crippen LogP contribution is 2.24. The first-order valence-corrected chi connectivity index (χ1v) is 4.89. The number of amides is 1. The number of carbonyl (C=O) groups excluding carboxylic acids is 1. The zero-order valence-corrected chi connectivity index (χ0v) is 8.49. The zero-order chi connectivity index (χ0) is 10.1. The van der Waals surface area contributed by atoms with E-state index in [9.17, 15) is 4.79 Å². The monoisotopic (exact) mass is 194 g/mol. The van der Waals surface area contributed by atoms with Gasteiger partial charge in [0.05, 0.1) is 0 Å². The minimum Gasteiger partial charge on any atom is -0.361 e. The summed E-state index contributed by atoms with van der Waals surface area (Å²) in [4.78, 5) is 13.6. The smallest absolute Gasteiger partial charge is 0.276 e. The molecule has 0 aliphatic heterocycles. The molecule has 0 bridgehead atoms. The van der Waals surface area contributed by atoms with E-state index in [-0.39, 0.29) is 5.91 Å². The second-order valence-corrected chi connectivity index (χ2v) is 3.82. The summed E-state index contributed by atoms with van der Waals surface area (Å²) >= 11 is 0. The van der Waals surface area contributed by atoms with Gasteiger partial charge in [0.15, 0.2) is 5.69 Å². The Bertz CT molecular complexity index is 342. The van der Waals surface area contributed by atoms with Crippen molar-refractivity contribution in [1.82, 2.24) is 10.1 Å². The largest absolute Gasteiger partial charge is 0.361 e. The Morgan fingerprint density at radius 2 is 2.36 bits per heavy atom. The molecular formula is C10H14N2O2. The molecule has 0 spiro atoms. The minimum atomic E-state index is -0.0356. The summed E-state index contributed by atoms with van der Waals surface area (Å²) in [5.41, 5.74) is 0.414. The summed E-state index contributed by atoms with van der Waals surface area (Å²) in [5.74, 6) is 0.641. The van der Waals surface area contributed by atoms with E-state index in [1.54, 1.807) is 17.9 Å². The number of aryl methyl sites for hydroxylation is 1. The highest BCUT2D eigenvalue weighted by Gasteiger charge is 2.27. The van der Waals surface area contributed by atoms with Gasteiger partial charge in [-0.1, -0.05) is 5.16 Å². The van der Waals surface area contributed by atoms with Gasteiger partial charge in [-0.3, -0.25) is 4.79 Å². The third-order valence-electron chi connectivity index (χ3n) is 2.79. The van der Waals surface area contributed by atoms with Gasteiger partial charge in [-0.2, -0.15) is 0 Å². The lowest BCUT2D eigenvalue weighted by molar-refractivity contribution is 0.0641. The van der Waals surface area contributed by atoms with Gasteiger partial charge in [0.2, 0.25) is 0 Å². The fraction of sp³-hybridized carbons (Fsp3) is 0.600. The lowest BCUT2D eigenvalue weighted by atomic mass is 9.92. The standard InChI is InChI=1S/C10H14N2O2/c1-7-6-9(11-14-7)10(13)12(2)8-4-3-5-8/h6,8H,3-5H2,1-2H3. The van der Waals surface area contributed by atoms with Crippen molar-refractivity contribution in [2.75, 3.05) is 7.05 Å². The number of carbonyl (C=O) groups is 1. The minimum absolute atomic E-state index is 0.0356. The van der Waals surface area contributed by atoms with E-state index < -0.39 is 0 Å². The molecule has 14 heavy (non-hydrogen) atoms. The van der Waals surface area contributed by atoms with Crippen LogP contribution in [0.1, 0.15) is 35.5 Å². The number of rotatable bonds is 2. The van der Waals surface area contributed by atoms with Crippen LogP contribution < -0.4 is 0 Å². The van der Waals surface area contributed by atoms with Crippen molar-refractivity contribution < 1.29 is 9.32 Å². The lowest BCUT2D eigenvalue weighted by Gasteiger charge is -2.34. The van der Waals surface area contributed by atoms with Crippen molar-refractivity contribution in [3.05, 3.63) is 17.5 Å². The molecule has 76 valence electrons. The van der Waals surface area contributed by atoms with Crippen LogP contribution in [0.3, 0.4) is 0 Å². The third kappa shape index (κ3) is 1.52. The van der Waals surface area contributed by atoms with Gasteiger partial charge in [-0.25, -0.2) is 0 Å². The van der Waals surface area contributed by atoms with Crippen LogP contribution in [0.25, 0.3) is 0 Å². The van der Waals surface area contributed by atoms with Gasteiger partial charge in [-0.15, -0.1) is 0 Å². The average Bonchev–Trinajstić information content (AvgIpc) is 2.47. The Balaban J connectivity index is 2.07. The summed E-state index contributed by atoms with van der Waals surface area (Å²) in [5, 5.41) is 3.71. The number of nitrogens with zero attached hydrogens (tertiary/aromatic N) is 2. The maximum absolute atomic E-state index is 11.8. The van der Waals surface area contributed by atoms with Crippen molar-refractivity contribution in [2.24, 2.45) is 0 Å². The zero-order valence-electron chi connectivity index (χ0n) is 8.49. The number of aromatic nitrogens is 1. The van der Waals surface area contributed by atoms with E-state index in [1.165, 1.54) is 6.42 Å². The van der Waals surface area contributed by atoms with E-state index >= 15 is 0 Å². The van der Waals surface area contributed by atoms with Gasteiger partial charge in [0, 0.05) is 19.2 Å². The van der Waals surface area contributed by atoms with Crippen molar-refractivity contribution in [1.29, 1.82) is 0 Å². The van der Waals surface area contributed by atoms with Gasteiger partial charge < -0.3 is 9.42 Å². The molecule has 0 N–H and O–H groups in total. The maximum Gasteiger partial charge on any atom is 0.276 e. The van der Waals surface area contributed by atoms with Crippen LogP contribution in [0.2, 0.25) is 0 Å². The normalized spacial score (nSPS) is 16.4. The van der Waals surface area contributed by atoms with Crippen LogP contribution in [0.15, 0.2) is 10.6 Å². The van der Waals surface area contributed by atoms with Crippen LogP contribution >= 0.6 is 0 Å². The second kappa shape index (κ2) is 3.44. The van der Waals surface area contributed by atoms with Crippen LogP contribution in [0.5, 0.6) is 0 Å². The van der Waals surface area contributed by atoms with Gasteiger partial charge in [0.25, 0.3) is 5.91 Å². The molecule has 0 aromatic carbocycles. The fourth-order valence-corrected chi connectivity index (χ4v) is 1.59. The summed E-state index contributed by atoms with van der Waals surface area (Å²) in [6.07, 6.45) is 3.44. The molecule has 1 aromatic heterocycles. The number of hydrogen-bond donors (Lipinski definition) is 0. The third-order valence-corrected chi connectivity index (χ3v) is 2.79. The molecule has 1 amide bonds.